The first kappa shape index (κ1) is 10.4. The van der Waals surface area contributed by atoms with Crippen molar-refractivity contribution in [1.82, 2.24) is 4.90 Å². The summed E-state index contributed by atoms with van der Waals surface area (Å²) >= 11 is 0. The molecule has 0 radical (unpaired) electrons. The summed E-state index contributed by atoms with van der Waals surface area (Å²) in [7, 11) is 0. The molecule has 0 aromatic heterocycles. The Morgan fingerprint density at radius 2 is 2.08 bits per heavy atom. The van der Waals surface area contributed by atoms with Crippen LogP contribution in [-0.4, -0.2) is 30.6 Å². The first-order valence-electron chi connectivity index (χ1n) is 4.99. The Balaban J connectivity index is 2.26. The van der Waals surface area contributed by atoms with E-state index in [0.717, 1.165) is 31.8 Å². The number of hydrogen-bond donors (Lipinski definition) is 0. The van der Waals surface area contributed by atoms with Crippen LogP contribution in [0.15, 0.2) is 5.11 Å². The average molecular weight is 182 g/mol. The van der Waals surface area contributed by atoms with E-state index in [1.165, 1.54) is 6.54 Å². The molecule has 0 bridgehead atoms. The van der Waals surface area contributed by atoms with Crippen molar-refractivity contribution in [2.75, 3.05) is 19.6 Å². The van der Waals surface area contributed by atoms with Crippen LogP contribution in [-0.2, 0) is 0 Å². The summed E-state index contributed by atoms with van der Waals surface area (Å²) in [6.07, 6.45) is 2.05. The smallest absolute Gasteiger partial charge is 0.0398 e. The number of piperidine rings is 1. The van der Waals surface area contributed by atoms with Crippen LogP contribution in [0.25, 0.3) is 10.4 Å². The van der Waals surface area contributed by atoms with E-state index in [9.17, 15) is 0 Å². The van der Waals surface area contributed by atoms with Crippen LogP contribution in [0.5, 0.6) is 0 Å². The van der Waals surface area contributed by atoms with Crippen LogP contribution in [0.4, 0.5) is 0 Å². The number of rotatable bonds is 3. The van der Waals surface area contributed by atoms with Gasteiger partial charge in [0.2, 0.25) is 0 Å². The van der Waals surface area contributed by atoms with Crippen LogP contribution in [0.3, 0.4) is 0 Å². The van der Waals surface area contributed by atoms with Crippen LogP contribution in [0.1, 0.15) is 26.7 Å². The van der Waals surface area contributed by atoms with E-state index >= 15 is 0 Å². The quantitative estimate of drug-likeness (QED) is 0.375. The van der Waals surface area contributed by atoms with Crippen molar-refractivity contribution in [2.24, 2.45) is 11.0 Å². The lowest BCUT2D eigenvalue weighted by molar-refractivity contribution is 0.193. The predicted octanol–water partition coefficient (Wildman–Crippen LogP) is 2.42. The third-order valence-corrected chi connectivity index (χ3v) is 2.40. The highest BCUT2D eigenvalue weighted by molar-refractivity contribution is 4.77. The molecule has 0 saturated carbocycles. The van der Waals surface area contributed by atoms with Crippen molar-refractivity contribution in [2.45, 2.75) is 32.7 Å². The van der Waals surface area contributed by atoms with Gasteiger partial charge in [0.05, 0.1) is 0 Å². The third kappa shape index (κ3) is 3.66. The monoisotopic (exact) mass is 182 g/mol. The maximum absolute atomic E-state index is 8.27. The first-order valence-corrected chi connectivity index (χ1v) is 4.99. The SMILES string of the molecule is CC(C)CN1CCC(N=[N+]=[N-])CC1. The average Bonchev–Trinajstić information content (AvgIpc) is 2.08. The molecule has 1 aliphatic heterocycles. The van der Waals surface area contributed by atoms with Crippen molar-refractivity contribution in [3.8, 4) is 0 Å². The minimum Gasteiger partial charge on any atom is -0.303 e. The summed E-state index contributed by atoms with van der Waals surface area (Å²) < 4.78 is 0. The molecule has 4 nitrogen and oxygen atoms in total. The maximum atomic E-state index is 8.27. The second kappa shape index (κ2) is 5.10. The summed E-state index contributed by atoms with van der Waals surface area (Å²) in [5.74, 6) is 0.732. The number of likely N-dealkylation sites (tertiary alicyclic amines) is 1. The Morgan fingerprint density at radius 1 is 1.46 bits per heavy atom. The van der Waals surface area contributed by atoms with Gasteiger partial charge in [-0.1, -0.05) is 19.0 Å². The summed E-state index contributed by atoms with van der Waals surface area (Å²) in [5.41, 5.74) is 8.27. The van der Waals surface area contributed by atoms with E-state index in [0.29, 0.717) is 0 Å². The number of hydrogen-bond acceptors (Lipinski definition) is 2. The zero-order valence-corrected chi connectivity index (χ0v) is 8.48. The Morgan fingerprint density at radius 3 is 2.54 bits per heavy atom. The lowest BCUT2D eigenvalue weighted by Gasteiger charge is -2.30. The molecule has 4 heteroatoms. The molecule has 1 rings (SSSR count). The summed E-state index contributed by atoms with van der Waals surface area (Å²) in [4.78, 5) is 5.30. The Bertz CT molecular complexity index is 188. The summed E-state index contributed by atoms with van der Waals surface area (Å²) in [6, 6.07) is 0.244. The molecule has 0 spiro atoms. The normalized spacial score (nSPS) is 20.2. The van der Waals surface area contributed by atoms with Gasteiger partial charge in [-0.25, -0.2) is 0 Å². The van der Waals surface area contributed by atoms with Gasteiger partial charge in [0, 0.05) is 17.5 Å². The molecule has 0 aromatic rings. The molecule has 0 unspecified atom stereocenters. The van der Waals surface area contributed by atoms with Gasteiger partial charge in [-0.15, -0.1) is 0 Å². The minimum atomic E-state index is 0.244. The highest BCUT2D eigenvalue weighted by Gasteiger charge is 2.17. The fraction of sp³-hybridized carbons (Fsp3) is 1.00. The van der Waals surface area contributed by atoms with Gasteiger partial charge < -0.3 is 4.90 Å². The van der Waals surface area contributed by atoms with Crippen molar-refractivity contribution >= 4 is 0 Å². The van der Waals surface area contributed by atoms with E-state index in [1.54, 1.807) is 0 Å². The zero-order chi connectivity index (χ0) is 9.68. The molecule has 13 heavy (non-hydrogen) atoms. The van der Waals surface area contributed by atoms with E-state index in [4.69, 9.17) is 5.53 Å². The Kier molecular flexibility index (Phi) is 4.06. The highest BCUT2D eigenvalue weighted by atomic mass is 15.2. The molecule has 0 aromatic carbocycles. The molecule has 0 N–H and O–H groups in total. The minimum absolute atomic E-state index is 0.244. The van der Waals surface area contributed by atoms with Crippen LogP contribution in [0, 0.1) is 5.92 Å². The molecule has 1 aliphatic rings. The third-order valence-electron chi connectivity index (χ3n) is 2.40. The lowest BCUT2D eigenvalue weighted by atomic mass is 10.0. The molecule has 0 atom stereocenters. The van der Waals surface area contributed by atoms with Crippen molar-refractivity contribution < 1.29 is 0 Å². The molecule has 0 amide bonds. The standard InChI is InChI=1S/C9H18N4/c1-8(2)7-13-5-3-9(4-6-13)11-12-10/h8-9H,3-7H2,1-2H3. The Hall–Kier alpha value is -0.730. The van der Waals surface area contributed by atoms with Gasteiger partial charge >= 0.3 is 0 Å². The zero-order valence-electron chi connectivity index (χ0n) is 8.48. The second-order valence-corrected chi connectivity index (χ2v) is 4.13. The van der Waals surface area contributed by atoms with Crippen molar-refractivity contribution in [3.63, 3.8) is 0 Å². The Labute approximate surface area is 79.5 Å². The van der Waals surface area contributed by atoms with Gasteiger partial charge in [0.15, 0.2) is 0 Å². The van der Waals surface area contributed by atoms with Gasteiger partial charge in [0.1, 0.15) is 0 Å². The summed E-state index contributed by atoms with van der Waals surface area (Å²) in [5, 5.41) is 3.75. The molecule has 1 heterocycles. The van der Waals surface area contributed by atoms with E-state index in [1.807, 2.05) is 0 Å². The largest absolute Gasteiger partial charge is 0.303 e. The molecule has 1 fully saturated rings. The second-order valence-electron chi connectivity index (χ2n) is 4.13. The van der Waals surface area contributed by atoms with Gasteiger partial charge in [-0.2, -0.15) is 0 Å². The van der Waals surface area contributed by atoms with Crippen LogP contribution >= 0.6 is 0 Å². The molecule has 1 saturated heterocycles. The van der Waals surface area contributed by atoms with Crippen LogP contribution in [0.2, 0.25) is 0 Å². The van der Waals surface area contributed by atoms with Gasteiger partial charge in [-0.05, 0) is 37.4 Å². The van der Waals surface area contributed by atoms with Gasteiger partial charge in [0.25, 0.3) is 0 Å². The topological polar surface area (TPSA) is 52.0 Å². The van der Waals surface area contributed by atoms with E-state index < -0.39 is 0 Å². The van der Waals surface area contributed by atoms with Gasteiger partial charge in [-0.3, -0.25) is 0 Å². The number of nitrogens with zero attached hydrogens (tertiary/aromatic N) is 4. The molecular weight excluding hydrogens is 164 g/mol. The predicted molar refractivity (Wildman–Crippen MR) is 53.4 cm³/mol. The van der Waals surface area contributed by atoms with Crippen LogP contribution < -0.4 is 0 Å². The maximum Gasteiger partial charge on any atom is 0.0398 e. The highest BCUT2D eigenvalue weighted by Crippen LogP contribution is 2.14. The number of azide groups is 1. The lowest BCUT2D eigenvalue weighted by Crippen LogP contribution is -2.37. The summed E-state index contributed by atoms with van der Waals surface area (Å²) in [6.45, 7) is 7.81. The van der Waals surface area contributed by atoms with Crippen molar-refractivity contribution in [3.05, 3.63) is 10.4 Å². The first-order chi connectivity index (χ1) is 6.22. The molecule has 0 aliphatic carbocycles. The van der Waals surface area contributed by atoms with Crippen molar-refractivity contribution in [1.29, 1.82) is 0 Å². The molecule has 74 valence electrons. The fourth-order valence-electron chi connectivity index (χ4n) is 1.81. The molecular formula is C9H18N4. The van der Waals surface area contributed by atoms with E-state index in [2.05, 4.69) is 28.8 Å². The fourth-order valence-corrected chi connectivity index (χ4v) is 1.81. The van der Waals surface area contributed by atoms with E-state index in [-0.39, 0.29) is 6.04 Å².